The number of hydrogen-bond acceptors (Lipinski definition) is 0. The fourth-order valence-electron chi connectivity index (χ4n) is 8.89. The standard InChI is InChI=1S/C51H98N/c1-4-7-10-13-16-18-20-22-24-26-28-30-32-35-38-42-47-51(52-49-44-40-45-50-52,46-41-37-34-15-12-9-6-3)48-43-39-36-33-31-29-27-25-23-21-19-17-14-11-8-5-2/h40,44-45,49-50H,4-39,41-43,46-48H2,1-3H3/q+1. The second-order valence-corrected chi connectivity index (χ2v) is 17.5. The number of aromatic nitrogens is 1. The predicted molar refractivity (Wildman–Crippen MR) is 236 cm³/mol. The van der Waals surface area contributed by atoms with Crippen molar-refractivity contribution in [3.63, 3.8) is 0 Å². The molecule has 0 unspecified atom stereocenters. The molecule has 1 aromatic rings. The molecular formula is C51H98N+. The predicted octanol–water partition coefficient (Wildman–Crippen LogP) is 18.1. The summed E-state index contributed by atoms with van der Waals surface area (Å²) in [6.45, 7) is 6.97. The van der Waals surface area contributed by atoms with Gasteiger partial charge < -0.3 is 0 Å². The normalized spacial score (nSPS) is 11.9. The molecule has 0 aliphatic rings. The summed E-state index contributed by atoms with van der Waals surface area (Å²) in [5.74, 6) is 0. The molecular weight excluding hydrogens is 627 g/mol. The van der Waals surface area contributed by atoms with Crippen LogP contribution in [0.2, 0.25) is 0 Å². The SMILES string of the molecule is CCCCCCCCCCCCCCCCCCC(CCCCCCCCC)(CCCCCCCCCCCCCCCCCC)[n+]1ccccc1. The van der Waals surface area contributed by atoms with Crippen molar-refractivity contribution in [1.29, 1.82) is 0 Å². The number of hydrogen-bond donors (Lipinski definition) is 0. The van der Waals surface area contributed by atoms with Crippen LogP contribution in [0.4, 0.5) is 0 Å². The minimum atomic E-state index is 0.330. The van der Waals surface area contributed by atoms with Crippen LogP contribution in [0.25, 0.3) is 0 Å². The van der Waals surface area contributed by atoms with Crippen LogP contribution in [0, 0.1) is 0 Å². The Morgan fingerprint density at radius 3 is 0.654 bits per heavy atom. The number of nitrogens with zero attached hydrogens (tertiary/aromatic N) is 1. The average molecular weight is 725 g/mol. The molecule has 1 heterocycles. The molecule has 1 rings (SSSR count). The zero-order chi connectivity index (χ0) is 37.3. The summed E-state index contributed by atoms with van der Waals surface area (Å²) in [7, 11) is 0. The Morgan fingerprint density at radius 1 is 0.250 bits per heavy atom. The van der Waals surface area contributed by atoms with E-state index in [1.54, 1.807) is 0 Å². The Hall–Kier alpha value is -0.850. The summed E-state index contributed by atoms with van der Waals surface area (Å²) in [4.78, 5) is 0. The molecule has 1 aromatic heterocycles. The average Bonchev–Trinajstić information content (AvgIpc) is 3.17. The van der Waals surface area contributed by atoms with Crippen LogP contribution in [0.1, 0.15) is 290 Å². The molecule has 52 heavy (non-hydrogen) atoms. The first-order valence-corrected chi connectivity index (χ1v) is 24.8. The van der Waals surface area contributed by atoms with Crippen LogP contribution in [0.15, 0.2) is 30.6 Å². The van der Waals surface area contributed by atoms with Gasteiger partial charge in [-0.3, -0.25) is 0 Å². The van der Waals surface area contributed by atoms with Gasteiger partial charge in [0.25, 0.3) is 0 Å². The highest BCUT2D eigenvalue weighted by Crippen LogP contribution is 2.32. The van der Waals surface area contributed by atoms with Gasteiger partial charge in [0.1, 0.15) is 0 Å². The van der Waals surface area contributed by atoms with Crippen molar-refractivity contribution in [3.05, 3.63) is 30.6 Å². The van der Waals surface area contributed by atoms with Crippen LogP contribution in [-0.2, 0) is 5.54 Å². The Kier molecular flexibility index (Phi) is 37.7. The molecule has 0 amide bonds. The minimum absolute atomic E-state index is 0.330. The molecule has 1 heteroatoms. The van der Waals surface area contributed by atoms with Gasteiger partial charge in [0.15, 0.2) is 17.9 Å². The zero-order valence-electron chi connectivity index (χ0n) is 36.5. The van der Waals surface area contributed by atoms with Crippen LogP contribution in [0.5, 0.6) is 0 Å². The molecule has 0 bridgehead atoms. The van der Waals surface area contributed by atoms with Gasteiger partial charge in [-0.25, -0.2) is 0 Å². The van der Waals surface area contributed by atoms with Crippen molar-refractivity contribution >= 4 is 0 Å². The van der Waals surface area contributed by atoms with Gasteiger partial charge in [0.05, 0.1) is 0 Å². The monoisotopic (exact) mass is 725 g/mol. The van der Waals surface area contributed by atoms with Gasteiger partial charge >= 0.3 is 0 Å². The third kappa shape index (κ3) is 30.5. The Bertz CT molecular complexity index is 750. The highest BCUT2D eigenvalue weighted by molar-refractivity contribution is 4.86. The summed E-state index contributed by atoms with van der Waals surface area (Å²) in [5, 5.41) is 0. The second-order valence-electron chi connectivity index (χ2n) is 17.5. The maximum absolute atomic E-state index is 2.68. The molecule has 0 aromatic carbocycles. The lowest BCUT2D eigenvalue weighted by Crippen LogP contribution is -2.55. The maximum atomic E-state index is 2.68. The summed E-state index contributed by atoms with van der Waals surface area (Å²) in [6, 6.07) is 6.81. The van der Waals surface area contributed by atoms with E-state index >= 15 is 0 Å². The summed E-state index contributed by atoms with van der Waals surface area (Å²) in [6.07, 6.45) is 65.5. The molecule has 0 spiro atoms. The molecule has 0 aliphatic heterocycles. The quantitative estimate of drug-likeness (QED) is 0.0466. The number of unbranched alkanes of at least 4 members (excludes halogenated alkanes) is 36. The van der Waals surface area contributed by atoms with E-state index in [-0.39, 0.29) is 0 Å². The van der Waals surface area contributed by atoms with Crippen molar-refractivity contribution in [3.8, 4) is 0 Å². The number of pyridine rings is 1. The van der Waals surface area contributed by atoms with Gasteiger partial charge in [-0.2, -0.15) is 4.57 Å². The van der Waals surface area contributed by atoms with E-state index in [1.165, 1.54) is 270 Å². The molecule has 1 nitrogen and oxygen atoms in total. The molecule has 0 radical (unpaired) electrons. The van der Waals surface area contributed by atoms with Crippen molar-refractivity contribution in [2.75, 3.05) is 0 Å². The Balaban J connectivity index is 2.37. The van der Waals surface area contributed by atoms with Crippen LogP contribution >= 0.6 is 0 Å². The van der Waals surface area contributed by atoms with E-state index < -0.39 is 0 Å². The maximum Gasteiger partial charge on any atom is 0.169 e. The molecule has 306 valence electrons. The van der Waals surface area contributed by atoms with Gasteiger partial charge in [-0.1, -0.05) is 258 Å². The Morgan fingerprint density at radius 2 is 0.442 bits per heavy atom. The topological polar surface area (TPSA) is 3.88 Å². The molecule has 0 N–H and O–H groups in total. The fourth-order valence-corrected chi connectivity index (χ4v) is 8.89. The first-order chi connectivity index (χ1) is 25.8. The van der Waals surface area contributed by atoms with Crippen molar-refractivity contribution in [1.82, 2.24) is 0 Å². The molecule has 0 saturated heterocycles. The van der Waals surface area contributed by atoms with E-state index in [1.807, 2.05) is 0 Å². The highest BCUT2D eigenvalue weighted by atomic mass is 15.0. The zero-order valence-corrected chi connectivity index (χ0v) is 36.5. The van der Waals surface area contributed by atoms with Crippen molar-refractivity contribution < 1.29 is 4.57 Å². The lowest BCUT2D eigenvalue weighted by atomic mass is 9.81. The lowest BCUT2D eigenvalue weighted by Gasteiger charge is -2.29. The summed E-state index contributed by atoms with van der Waals surface area (Å²) < 4.78 is 2.68. The molecule has 0 aliphatic carbocycles. The van der Waals surface area contributed by atoms with Gasteiger partial charge in [0, 0.05) is 31.4 Å². The number of rotatable bonds is 43. The minimum Gasteiger partial charge on any atom is -0.200 e. The van der Waals surface area contributed by atoms with Gasteiger partial charge in [-0.05, 0) is 19.3 Å². The molecule has 0 saturated carbocycles. The van der Waals surface area contributed by atoms with Crippen LogP contribution in [0.3, 0.4) is 0 Å². The van der Waals surface area contributed by atoms with Gasteiger partial charge in [0.2, 0.25) is 0 Å². The second kappa shape index (κ2) is 39.8. The third-order valence-electron chi connectivity index (χ3n) is 12.5. The van der Waals surface area contributed by atoms with Gasteiger partial charge in [-0.15, -0.1) is 0 Å². The van der Waals surface area contributed by atoms with Crippen molar-refractivity contribution in [2.24, 2.45) is 0 Å². The summed E-state index contributed by atoms with van der Waals surface area (Å²) >= 11 is 0. The fraction of sp³-hybridized carbons (Fsp3) is 0.902. The summed E-state index contributed by atoms with van der Waals surface area (Å²) in [5.41, 5.74) is 0.330. The van der Waals surface area contributed by atoms with E-state index in [2.05, 4.69) is 55.9 Å². The van der Waals surface area contributed by atoms with E-state index in [0.29, 0.717) is 5.54 Å². The van der Waals surface area contributed by atoms with E-state index in [4.69, 9.17) is 0 Å². The first-order valence-electron chi connectivity index (χ1n) is 24.8. The first kappa shape index (κ1) is 49.2. The molecule has 0 fully saturated rings. The largest absolute Gasteiger partial charge is 0.200 e. The Labute approximate surface area is 330 Å². The third-order valence-corrected chi connectivity index (χ3v) is 12.5. The van der Waals surface area contributed by atoms with E-state index in [9.17, 15) is 0 Å². The molecule has 0 atom stereocenters. The van der Waals surface area contributed by atoms with E-state index in [0.717, 1.165) is 0 Å². The smallest absolute Gasteiger partial charge is 0.169 e. The lowest BCUT2D eigenvalue weighted by molar-refractivity contribution is -0.768. The van der Waals surface area contributed by atoms with Crippen LogP contribution < -0.4 is 4.57 Å². The van der Waals surface area contributed by atoms with Crippen LogP contribution in [-0.4, -0.2) is 0 Å². The highest BCUT2D eigenvalue weighted by Gasteiger charge is 2.37. The van der Waals surface area contributed by atoms with Crippen molar-refractivity contribution in [2.45, 2.75) is 296 Å².